The summed E-state index contributed by atoms with van der Waals surface area (Å²) in [5.74, 6) is -2.74. The quantitative estimate of drug-likeness (QED) is 0.471. The molecule has 0 saturated heterocycles. The molecule has 2 N–H and O–H groups in total. The van der Waals surface area contributed by atoms with Crippen LogP contribution in [0.15, 0.2) is 42.5 Å². The summed E-state index contributed by atoms with van der Waals surface area (Å²) in [6, 6.07) is 12.1. The van der Waals surface area contributed by atoms with Gasteiger partial charge in [0.2, 0.25) is 11.7 Å². The van der Waals surface area contributed by atoms with Gasteiger partial charge in [-0.15, -0.1) is 0 Å². The fraction of sp³-hybridized carbons (Fsp3) is 0.435. The topological polar surface area (TPSA) is 84.5 Å². The van der Waals surface area contributed by atoms with E-state index >= 15 is 0 Å². The molecule has 0 radical (unpaired) electrons. The third-order valence-electron chi connectivity index (χ3n) is 4.36. The molecule has 10 heteroatoms. The van der Waals surface area contributed by atoms with Gasteiger partial charge in [-0.3, -0.25) is 9.59 Å². The van der Waals surface area contributed by atoms with Crippen LogP contribution in [0.1, 0.15) is 33.6 Å². The number of hydrogen-bond donors (Lipinski definition) is 2. The summed E-state index contributed by atoms with van der Waals surface area (Å²) < 4.78 is 42.1. The summed E-state index contributed by atoms with van der Waals surface area (Å²) in [7, 11) is 0. The first kappa shape index (κ1) is 26.5. The first-order valence-corrected chi connectivity index (χ1v) is 11.5. The second-order valence-electron chi connectivity index (χ2n) is 8.37. The fourth-order valence-corrected chi connectivity index (χ4v) is 3.72. The second kappa shape index (κ2) is 11.4. The van der Waals surface area contributed by atoms with Crippen LogP contribution in [0.5, 0.6) is 0 Å². The van der Waals surface area contributed by atoms with E-state index in [1.807, 2.05) is 30.3 Å². The number of alkyl halides is 3. The number of alkyl carbamates (subject to hydrolysis) is 1. The molecule has 6 nitrogen and oxygen atoms in total. The molecule has 2 aromatic rings. The Morgan fingerprint density at radius 1 is 1.03 bits per heavy atom. The Kier molecular flexibility index (Phi) is 9.16. The van der Waals surface area contributed by atoms with Gasteiger partial charge in [-0.05, 0) is 62.3 Å². The number of ether oxygens (including phenoxy) is 1. The van der Waals surface area contributed by atoms with Crippen molar-refractivity contribution < 1.29 is 32.3 Å². The van der Waals surface area contributed by atoms with Gasteiger partial charge in [-0.25, -0.2) is 4.79 Å². The summed E-state index contributed by atoms with van der Waals surface area (Å²) in [4.78, 5) is 36.0. The van der Waals surface area contributed by atoms with Crippen molar-refractivity contribution in [2.75, 3.05) is 16.8 Å². The van der Waals surface area contributed by atoms with E-state index in [0.29, 0.717) is 12.1 Å². The van der Waals surface area contributed by atoms with E-state index in [-0.39, 0.29) is 12.2 Å². The molecule has 0 aliphatic carbocycles. The highest BCUT2D eigenvalue weighted by Crippen LogP contribution is 2.21. The average molecular weight is 485 g/mol. The number of halogens is 3. The van der Waals surface area contributed by atoms with Gasteiger partial charge in [0.05, 0.1) is 5.75 Å². The van der Waals surface area contributed by atoms with E-state index < -0.39 is 41.4 Å². The first-order valence-electron chi connectivity index (χ1n) is 10.3. The summed E-state index contributed by atoms with van der Waals surface area (Å²) in [5, 5.41) is 7.22. The zero-order valence-corrected chi connectivity index (χ0v) is 19.4. The molecule has 0 aliphatic rings. The minimum atomic E-state index is -4.85. The number of fused-ring (bicyclic) bond motifs is 1. The highest BCUT2D eigenvalue weighted by Gasteiger charge is 2.37. The Morgan fingerprint density at radius 3 is 2.33 bits per heavy atom. The van der Waals surface area contributed by atoms with Crippen molar-refractivity contribution in [2.45, 2.75) is 51.4 Å². The van der Waals surface area contributed by atoms with Crippen LogP contribution in [-0.4, -0.2) is 47.1 Å². The largest absolute Gasteiger partial charge is 0.450 e. The highest BCUT2D eigenvalue weighted by molar-refractivity contribution is 7.99. The summed E-state index contributed by atoms with van der Waals surface area (Å²) in [5.41, 5.74) is -0.225. The van der Waals surface area contributed by atoms with Crippen LogP contribution in [0.4, 0.5) is 23.7 Å². The Morgan fingerprint density at radius 2 is 1.70 bits per heavy atom. The van der Waals surface area contributed by atoms with Crippen molar-refractivity contribution in [1.82, 2.24) is 5.32 Å². The molecule has 2 aromatic carbocycles. The van der Waals surface area contributed by atoms with E-state index in [0.717, 1.165) is 22.5 Å². The van der Waals surface area contributed by atoms with E-state index in [9.17, 15) is 27.6 Å². The minimum Gasteiger partial charge on any atom is -0.444 e. The molecule has 2 rings (SSSR count). The second-order valence-corrected chi connectivity index (χ2v) is 9.47. The predicted octanol–water partition coefficient (Wildman–Crippen LogP) is 5.32. The number of benzene rings is 2. The highest BCUT2D eigenvalue weighted by atomic mass is 32.2. The molecule has 2 amide bonds. The number of amides is 2. The number of Topliss-reactive ketones (excluding diaryl/α,β-unsaturated/α-hetero) is 1. The van der Waals surface area contributed by atoms with E-state index in [1.54, 1.807) is 32.9 Å². The van der Waals surface area contributed by atoms with Crippen molar-refractivity contribution >= 4 is 46.0 Å². The van der Waals surface area contributed by atoms with Gasteiger partial charge in [0, 0.05) is 5.69 Å². The molecular formula is C23H27F3N2O4S. The number of hydrogen-bond acceptors (Lipinski definition) is 5. The molecule has 0 heterocycles. The molecule has 180 valence electrons. The zero-order chi connectivity index (χ0) is 24.6. The SMILES string of the molecule is CC(C)(C)OC(=O)N[C@@H](CCCSCC(=O)C(F)(F)F)C(=O)Nc1ccc2ccccc2c1. The lowest BCUT2D eigenvalue weighted by molar-refractivity contribution is -0.167. The van der Waals surface area contributed by atoms with E-state index in [2.05, 4.69) is 10.6 Å². The molecule has 1 atom stereocenters. The van der Waals surface area contributed by atoms with Crippen LogP contribution >= 0.6 is 11.8 Å². The Bertz CT molecular complexity index is 990. The summed E-state index contributed by atoms with van der Waals surface area (Å²) in [6.45, 7) is 5.06. The smallest absolute Gasteiger partial charge is 0.444 e. The predicted molar refractivity (Wildman–Crippen MR) is 123 cm³/mol. The number of carbonyl (C=O) groups excluding carboxylic acids is 3. The number of rotatable bonds is 9. The maximum Gasteiger partial charge on any atom is 0.450 e. The fourth-order valence-electron chi connectivity index (χ4n) is 2.85. The van der Waals surface area contributed by atoms with Gasteiger partial charge in [-0.1, -0.05) is 30.3 Å². The van der Waals surface area contributed by atoms with E-state index in [4.69, 9.17) is 4.74 Å². The van der Waals surface area contributed by atoms with Crippen molar-refractivity contribution in [3.8, 4) is 0 Å². The maximum atomic E-state index is 12.9. The number of nitrogens with one attached hydrogen (secondary N) is 2. The van der Waals surface area contributed by atoms with Gasteiger partial charge in [0.1, 0.15) is 11.6 Å². The molecule has 0 aromatic heterocycles. The molecule has 0 bridgehead atoms. The van der Waals surface area contributed by atoms with Gasteiger partial charge >= 0.3 is 12.3 Å². The number of thioether (sulfide) groups is 1. The third kappa shape index (κ3) is 9.33. The van der Waals surface area contributed by atoms with Crippen LogP contribution in [0.2, 0.25) is 0 Å². The van der Waals surface area contributed by atoms with Crippen molar-refractivity contribution in [3.05, 3.63) is 42.5 Å². The molecular weight excluding hydrogens is 457 g/mol. The Hall–Kier alpha value is -2.75. The molecule has 0 spiro atoms. The number of carbonyl (C=O) groups is 3. The van der Waals surface area contributed by atoms with Crippen molar-refractivity contribution in [2.24, 2.45) is 0 Å². The van der Waals surface area contributed by atoms with Gasteiger partial charge in [0.25, 0.3) is 0 Å². The summed E-state index contributed by atoms with van der Waals surface area (Å²) >= 11 is 0.831. The van der Waals surface area contributed by atoms with Gasteiger partial charge in [0.15, 0.2) is 0 Å². The van der Waals surface area contributed by atoms with Gasteiger partial charge < -0.3 is 15.4 Å². The number of anilines is 1. The van der Waals surface area contributed by atoms with Crippen LogP contribution in [-0.2, 0) is 14.3 Å². The number of ketones is 1. The Labute approximate surface area is 194 Å². The molecule has 0 saturated carbocycles. The minimum absolute atomic E-state index is 0.159. The van der Waals surface area contributed by atoms with Crippen LogP contribution < -0.4 is 10.6 Å². The van der Waals surface area contributed by atoms with Crippen molar-refractivity contribution in [3.63, 3.8) is 0 Å². The van der Waals surface area contributed by atoms with Crippen LogP contribution in [0, 0.1) is 0 Å². The lowest BCUT2D eigenvalue weighted by atomic mass is 10.1. The monoisotopic (exact) mass is 484 g/mol. The first-order chi connectivity index (χ1) is 15.3. The maximum absolute atomic E-state index is 12.9. The molecule has 0 fully saturated rings. The van der Waals surface area contributed by atoms with Gasteiger partial charge in [-0.2, -0.15) is 24.9 Å². The molecule has 0 aliphatic heterocycles. The normalized spacial score (nSPS) is 12.8. The summed E-state index contributed by atoms with van der Waals surface area (Å²) in [6.07, 6.45) is -5.16. The third-order valence-corrected chi connectivity index (χ3v) is 5.40. The lowest BCUT2D eigenvalue weighted by Crippen LogP contribution is -2.45. The average Bonchev–Trinajstić information content (AvgIpc) is 2.70. The standard InChI is InChI=1S/C23H27F3N2O4S/c1-22(2,3)32-21(31)28-18(9-6-12-33-14-19(29)23(24,25)26)20(30)27-17-11-10-15-7-4-5-8-16(15)13-17/h4-5,7-8,10-11,13,18H,6,9,12,14H2,1-3H3,(H,27,30)(H,28,31)/t18-/m0/s1. The van der Waals surface area contributed by atoms with Crippen LogP contribution in [0.25, 0.3) is 10.8 Å². The molecule has 33 heavy (non-hydrogen) atoms. The lowest BCUT2D eigenvalue weighted by Gasteiger charge is -2.23. The van der Waals surface area contributed by atoms with Crippen molar-refractivity contribution in [1.29, 1.82) is 0 Å². The zero-order valence-electron chi connectivity index (χ0n) is 18.6. The molecule has 0 unspecified atom stereocenters. The van der Waals surface area contributed by atoms with E-state index in [1.165, 1.54) is 0 Å². The van der Waals surface area contributed by atoms with Crippen LogP contribution in [0.3, 0.4) is 0 Å². The Balaban J connectivity index is 1.99.